The summed E-state index contributed by atoms with van der Waals surface area (Å²) in [6, 6.07) is 50.0. The normalized spacial score (nSPS) is 11.0. The fraction of sp³-hybridized carbons (Fsp3) is 0. The highest BCUT2D eigenvalue weighted by Crippen LogP contribution is 2.39. The van der Waals surface area contributed by atoms with Gasteiger partial charge in [0.15, 0.2) is 0 Å². The van der Waals surface area contributed by atoms with Gasteiger partial charge in [0.1, 0.15) is 5.01 Å². The van der Waals surface area contributed by atoms with Crippen molar-refractivity contribution in [1.82, 2.24) is 9.97 Å². The molecule has 0 unspecified atom stereocenters. The molecule has 3 heterocycles. The minimum absolute atomic E-state index is 0.0169. The van der Waals surface area contributed by atoms with Crippen molar-refractivity contribution in [1.29, 1.82) is 0 Å². The highest BCUT2D eigenvalue weighted by atomic mass is 32.1. The van der Waals surface area contributed by atoms with E-state index in [1.807, 2.05) is 48.5 Å². The van der Waals surface area contributed by atoms with Crippen LogP contribution >= 0.6 is 11.3 Å². The Kier molecular flexibility index (Phi) is 6.84. The van der Waals surface area contributed by atoms with Crippen molar-refractivity contribution in [2.45, 2.75) is 0 Å². The van der Waals surface area contributed by atoms with Crippen molar-refractivity contribution in [3.8, 4) is 66.4 Å². The van der Waals surface area contributed by atoms with Crippen molar-refractivity contribution in [3.05, 3.63) is 152 Å². The molecule has 0 bridgehead atoms. The molecule has 0 fully saturated rings. The quantitative estimate of drug-likeness (QED) is 0.207. The first-order valence-electron chi connectivity index (χ1n) is 13.7. The molecule has 0 aliphatic carbocycles. The molecule has 4 aromatic carbocycles. The Morgan fingerprint density at radius 2 is 1.07 bits per heavy atom. The second kappa shape index (κ2) is 11.2. The molecule has 4 nitrogen and oxygen atoms in total. The van der Waals surface area contributed by atoms with E-state index >= 15 is 0 Å². The number of benzene rings is 4. The van der Waals surface area contributed by atoms with Crippen LogP contribution in [0, 0.1) is 0 Å². The molecule has 0 atom stereocenters. The van der Waals surface area contributed by atoms with Gasteiger partial charge in [-0.15, -0.1) is 11.3 Å². The second-order valence-electron chi connectivity index (χ2n) is 9.88. The molecule has 7 rings (SSSR count). The highest BCUT2D eigenvalue weighted by Gasteiger charge is 2.25. The summed E-state index contributed by atoms with van der Waals surface area (Å²) < 4.78 is 2.31. The van der Waals surface area contributed by atoms with Crippen LogP contribution in [0.15, 0.2) is 152 Å². The van der Waals surface area contributed by atoms with Gasteiger partial charge in [-0.25, -0.2) is 0 Å². The van der Waals surface area contributed by atoms with Gasteiger partial charge in [0.2, 0.25) is 23.0 Å². The van der Waals surface area contributed by atoms with Crippen LogP contribution < -0.4 is 4.57 Å². The van der Waals surface area contributed by atoms with E-state index in [9.17, 15) is 5.11 Å². The van der Waals surface area contributed by atoms with Crippen LogP contribution in [0.2, 0.25) is 0 Å². The van der Waals surface area contributed by atoms with Gasteiger partial charge in [-0.2, -0.15) is 9.55 Å². The van der Waals surface area contributed by atoms with Crippen LogP contribution in [-0.2, 0) is 0 Å². The summed E-state index contributed by atoms with van der Waals surface area (Å²) >= 11 is 1.44. The third kappa shape index (κ3) is 4.98. The van der Waals surface area contributed by atoms with E-state index in [1.165, 1.54) is 16.9 Å². The zero-order valence-corrected chi connectivity index (χ0v) is 23.4. The molecule has 200 valence electrons. The lowest BCUT2D eigenvalue weighted by molar-refractivity contribution is -0.572. The third-order valence-corrected chi connectivity index (χ3v) is 8.31. The highest BCUT2D eigenvalue weighted by molar-refractivity contribution is 7.18. The summed E-state index contributed by atoms with van der Waals surface area (Å²) in [5.74, 6) is 0.0169. The lowest BCUT2D eigenvalue weighted by atomic mass is 9.98. The SMILES string of the molecule is Oc1nc(-c2ccccn2)sc1-c1ccc(-[n+]2c(-c3ccccc3)cc(-c3ccccc3)cc2-c2ccccc2)cc1. The number of thiazole rings is 1. The monoisotopic (exact) mass is 560 g/mol. The summed E-state index contributed by atoms with van der Waals surface area (Å²) in [5, 5.41) is 11.4. The number of aromatic nitrogens is 3. The Morgan fingerprint density at radius 3 is 1.62 bits per heavy atom. The van der Waals surface area contributed by atoms with Crippen molar-refractivity contribution in [2.24, 2.45) is 0 Å². The van der Waals surface area contributed by atoms with Crippen LogP contribution in [0.5, 0.6) is 5.88 Å². The summed E-state index contributed by atoms with van der Waals surface area (Å²) in [7, 11) is 0. The van der Waals surface area contributed by atoms with Gasteiger partial charge < -0.3 is 5.11 Å². The van der Waals surface area contributed by atoms with E-state index in [0.29, 0.717) is 5.01 Å². The average molecular weight is 561 g/mol. The standard InChI is InChI=1S/C37H25N3OS/c41-36-35(42-37(39-36)32-18-10-11-23-38-32)29-19-21-31(22-20-29)40-33(27-14-6-2-7-15-27)24-30(26-12-4-1-5-13-26)25-34(40)28-16-8-3-9-17-28/h1-25H/p+1. The predicted octanol–water partition coefficient (Wildman–Crippen LogP) is 8.86. The topological polar surface area (TPSA) is 49.9 Å². The molecule has 0 aliphatic heterocycles. The zero-order valence-electron chi connectivity index (χ0n) is 22.6. The summed E-state index contributed by atoms with van der Waals surface area (Å²) in [6.07, 6.45) is 1.73. The molecular formula is C37H26N3OS+. The minimum Gasteiger partial charge on any atom is -0.492 e. The molecule has 42 heavy (non-hydrogen) atoms. The largest absolute Gasteiger partial charge is 0.492 e. The van der Waals surface area contributed by atoms with E-state index in [1.54, 1.807) is 6.20 Å². The lowest BCUT2D eigenvalue weighted by Gasteiger charge is -2.13. The molecule has 0 saturated carbocycles. The number of pyridine rings is 2. The Hall–Kier alpha value is -5.39. The average Bonchev–Trinajstić information content (AvgIpc) is 3.47. The third-order valence-electron chi connectivity index (χ3n) is 7.19. The van der Waals surface area contributed by atoms with E-state index < -0.39 is 0 Å². The molecular weight excluding hydrogens is 534 g/mol. The Bertz CT molecular complexity index is 1900. The number of rotatable bonds is 6. The molecule has 0 spiro atoms. The molecule has 0 saturated heterocycles. The summed E-state index contributed by atoms with van der Waals surface area (Å²) in [5.41, 5.74) is 9.40. The molecule has 1 N–H and O–H groups in total. The maximum absolute atomic E-state index is 10.7. The van der Waals surface area contributed by atoms with E-state index in [-0.39, 0.29) is 5.88 Å². The number of hydrogen-bond donors (Lipinski definition) is 1. The van der Waals surface area contributed by atoms with E-state index in [4.69, 9.17) is 0 Å². The second-order valence-corrected chi connectivity index (χ2v) is 10.9. The smallest absolute Gasteiger partial charge is 0.230 e. The first-order chi connectivity index (χ1) is 20.7. The van der Waals surface area contributed by atoms with E-state index in [0.717, 1.165) is 49.9 Å². The van der Waals surface area contributed by atoms with Crippen LogP contribution in [-0.4, -0.2) is 15.1 Å². The van der Waals surface area contributed by atoms with Crippen molar-refractivity contribution >= 4 is 11.3 Å². The fourth-order valence-electron chi connectivity index (χ4n) is 5.17. The van der Waals surface area contributed by atoms with Gasteiger partial charge in [-0.05, 0) is 65.2 Å². The molecule has 3 aromatic heterocycles. The van der Waals surface area contributed by atoms with Crippen molar-refractivity contribution < 1.29 is 9.67 Å². The molecule has 7 aromatic rings. The molecule has 5 heteroatoms. The first kappa shape index (κ1) is 25.6. The lowest BCUT2D eigenvalue weighted by Crippen LogP contribution is -2.36. The predicted molar refractivity (Wildman–Crippen MR) is 170 cm³/mol. The number of hydrogen-bond acceptors (Lipinski definition) is 4. The molecule has 0 aliphatic rings. The van der Waals surface area contributed by atoms with Crippen molar-refractivity contribution in [2.75, 3.05) is 0 Å². The van der Waals surface area contributed by atoms with Crippen molar-refractivity contribution in [3.63, 3.8) is 0 Å². The van der Waals surface area contributed by atoms with Gasteiger partial charge in [-0.1, -0.05) is 72.8 Å². The van der Waals surface area contributed by atoms with Gasteiger partial charge in [0, 0.05) is 41.6 Å². The maximum Gasteiger partial charge on any atom is 0.230 e. The zero-order chi connectivity index (χ0) is 28.3. The van der Waals surface area contributed by atoms with E-state index in [2.05, 4.69) is 112 Å². The number of aromatic hydroxyl groups is 1. The van der Waals surface area contributed by atoms with Crippen LogP contribution in [0.3, 0.4) is 0 Å². The van der Waals surface area contributed by atoms with Crippen LogP contribution in [0.4, 0.5) is 0 Å². The summed E-state index contributed by atoms with van der Waals surface area (Å²) in [4.78, 5) is 9.50. The van der Waals surface area contributed by atoms with Gasteiger partial charge in [-0.3, -0.25) is 4.98 Å². The van der Waals surface area contributed by atoms with Crippen LogP contribution in [0.25, 0.3) is 60.5 Å². The first-order valence-corrected chi connectivity index (χ1v) is 14.5. The number of nitrogens with zero attached hydrogens (tertiary/aromatic N) is 3. The Balaban J connectivity index is 1.40. The van der Waals surface area contributed by atoms with Gasteiger partial charge >= 0.3 is 0 Å². The minimum atomic E-state index is 0.0169. The Morgan fingerprint density at radius 1 is 0.524 bits per heavy atom. The maximum atomic E-state index is 10.7. The summed E-state index contributed by atoms with van der Waals surface area (Å²) in [6.45, 7) is 0. The molecule has 0 amide bonds. The molecule has 0 radical (unpaired) electrons. The fourth-order valence-corrected chi connectivity index (χ4v) is 6.12. The Labute approximate surface area is 248 Å². The van der Waals surface area contributed by atoms with Gasteiger partial charge in [0.25, 0.3) is 0 Å². The van der Waals surface area contributed by atoms with Crippen LogP contribution in [0.1, 0.15) is 0 Å². The van der Waals surface area contributed by atoms with Gasteiger partial charge in [0.05, 0.1) is 10.6 Å².